The molecule has 0 saturated heterocycles. The molecule has 0 aliphatic carbocycles. The van der Waals surface area contributed by atoms with Crippen molar-refractivity contribution in [2.24, 2.45) is 5.73 Å². The van der Waals surface area contributed by atoms with Gasteiger partial charge < -0.3 is 25.3 Å². The van der Waals surface area contributed by atoms with Gasteiger partial charge in [-0.2, -0.15) is 0 Å². The van der Waals surface area contributed by atoms with E-state index in [-0.39, 0.29) is 25.1 Å². The predicted octanol–water partition coefficient (Wildman–Crippen LogP) is 1.07. The van der Waals surface area contributed by atoms with Crippen LogP contribution in [0.15, 0.2) is 18.2 Å². The molecule has 3 N–H and O–H groups in total. The van der Waals surface area contributed by atoms with E-state index in [2.05, 4.69) is 5.32 Å². The lowest BCUT2D eigenvalue weighted by atomic mass is 10.3. The van der Waals surface area contributed by atoms with Crippen molar-refractivity contribution in [3.8, 4) is 17.2 Å². The van der Waals surface area contributed by atoms with Crippen LogP contribution >= 0.6 is 12.4 Å². The number of benzene rings is 1. The molecule has 1 aliphatic rings. The van der Waals surface area contributed by atoms with Gasteiger partial charge in [0.2, 0.25) is 12.7 Å². The Hall–Kier alpha value is -1.66. The fraction of sp³-hybridized carbons (Fsp3) is 0.462. The molecule has 0 spiro atoms. The largest absolute Gasteiger partial charge is 0.492 e. The highest BCUT2D eigenvalue weighted by molar-refractivity contribution is 5.85. The van der Waals surface area contributed by atoms with Crippen molar-refractivity contribution in [2.75, 3.05) is 26.5 Å². The average molecular weight is 303 g/mol. The maximum atomic E-state index is 11.3. The maximum Gasteiger partial charge on any atom is 0.231 e. The molecular formula is C13H19ClN2O4. The third-order valence-corrected chi connectivity index (χ3v) is 2.64. The minimum Gasteiger partial charge on any atom is -0.492 e. The zero-order chi connectivity index (χ0) is 13.5. The van der Waals surface area contributed by atoms with Crippen molar-refractivity contribution >= 4 is 18.3 Å². The van der Waals surface area contributed by atoms with Crippen LogP contribution in [-0.4, -0.2) is 32.4 Å². The second-order valence-electron chi connectivity index (χ2n) is 4.11. The van der Waals surface area contributed by atoms with Gasteiger partial charge in [-0.25, -0.2) is 0 Å². The molecule has 0 unspecified atom stereocenters. The van der Waals surface area contributed by atoms with Gasteiger partial charge in [-0.15, -0.1) is 12.4 Å². The van der Waals surface area contributed by atoms with Gasteiger partial charge >= 0.3 is 0 Å². The second-order valence-corrected chi connectivity index (χ2v) is 4.11. The van der Waals surface area contributed by atoms with E-state index in [4.69, 9.17) is 19.9 Å². The Morgan fingerprint density at radius 2 is 2.15 bits per heavy atom. The second kappa shape index (κ2) is 8.50. The lowest BCUT2D eigenvalue weighted by Crippen LogP contribution is -2.28. The Bertz CT molecular complexity index is 442. The summed E-state index contributed by atoms with van der Waals surface area (Å²) in [6.45, 7) is 1.66. The maximum absolute atomic E-state index is 11.3. The molecule has 1 heterocycles. The van der Waals surface area contributed by atoms with Crippen molar-refractivity contribution < 1.29 is 19.0 Å². The molecule has 0 bridgehead atoms. The summed E-state index contributed by atoms with van der Waals surface area (Å²) < 4.78 is 16.0. The van der Waals surface area contributed by atoms with E-state index in [0.29, 0.717) is 44.0 Å². The molecule has 1 aromatic carbocycles. The van der Waals surface area contributed by atoms with E-state index in [1.165, 1.54) is 0 Å². The van der Waals surface area contributed by atoms with E-state index in [1.807, 2.05) is 6.07 Å². The summed E-state index contributed by atoms with van der Waals surface area (Å²) in [6, 6.07) is 5.39. The van der Waals surface area contributed by atoms with Crippen LogP contribution in [0.1, 0.15) is 12.8 Å². The molecule has 0 saturated carbocycles. The highest BCUT2D eigenvalue weighted by atomic mass is 35.5. The normalized spacial score (nSPS) is 11.7. The molecule has 0 atom stereocenters. The van der Waals surface area contributed by atoms with Gasteiger partial charge in [0.1, 0.15) is 12.4 Å². The van der Waals surface area contributed by atoms with E-state index >= 15 is 0 Å². The Balaban J connectivity index is 0.00000200. The number of ether oxygens (including phenoxy) is 3. The topological polar surface area (TPSA) is 82.8 Å². The van der Waals surface area contributed by atoms with E-state index in [1.54, 1.807) is 12.1 Å². The molecule has 1 aliphatic heterocycles. The number of halogens is 1. The van der Waals surface area contributed by atoms with E-state index in [0.717, 1.165) is 5.75 Å². The van der Waals surface area contributed by atoms with Crippen LogP contribution in [0.25, 0.3) is 0 Å². The van der Waals surface area contributed by atoms with Crippen molar-refractivity contribution in [3.05, 3.63) is 18.2 Å². The molecule has 1 amide bonds. The van der Waals surface area contributed by atoms with Gasteiger partial charge in [0.15, 0.2) is 11.5 Å². The number of hydrogen-bond acceptors (Lipinski definition) is 5. The molecule has 2 rings (SSSR count). The number of nitrogens with one attached hydrogen (secondary N) is 1. The molecule has 0 radical (unpaired) electrons. The lowest BCUT2D eigenvalue weighted by molar-refractivity contribution is -0.121. The first-order chi connectivity index (χ1) is 9.29. The first-order valence-electron chi connectivity index (χ1n) is 6.29. The molecular weight excluding hydrogens is 284 g/mol. The van der Waals surface area contributed by atoms with Crippen LogP contribution in [0.4, 0.5) is 0 Å². The Morgan fingerprint density at radius 3 is 2.95 bits per heavy atom. The Labute approximate surface area is 124 Å². The fourth-order valence-corrected chi connectivity index (χ4v) is 1.68. The first kappa shape index (κ1) is 16.4. The minimum absolute atomic E-state index is 0. The summed E-state index contributed by atoms with van der Waals surface area (Å²) in [5, 5.41) is 2.76. The number of amides is 1. The SMILES string of the molecule is Cl.NCCCC(=O)NCCOc1ccc2c(c1)OCO2. The van der Waals surface area contributed by atoms with Crippen LogP contribution in [0.3, 0.4) is 0 Å². The van der Waals surface area contributed by atoms with Crippen molar-refractivity contribution in [3.63, 3.8) is 0 Å². The average Bonchev–Trinajstić information content (AvgIpc) is 2.88. The minimum atomic E-state index is -0.000244. The summed E-state index contributed by atoms with van der Waals surface area (Å²) in [5.41, 5.74) is 5.33. The quantitative estimate of drug-likeness (QED) is 0.736. The van der Waals surface area contributed by atoms with Crippen molar-refractivity contribution in [1.29, 1.82) is 0 Å². The smallest absolute Gasteiger partial charge is 0.231 e. The van der Waals surface area contributed by atoms with Crippen molar-refractivity contribution in [1.82, 2.24) is 5.32 Å². The van der Waals surface area contributed by atoms with Gasteiger partial charge in [-0.3, -0.25) is 4.79 Å². The van der Waals surface area contributed by atoms with Crippen LogP contribution in [0, 0.1) is 0 Å². The third-order valence-electron chi connectivity index (χ3n) is 2.64. The number of carbonyl (C=O) groups excluding carboxylic acids is 1. The van der Waals surface area contributed by atoms with E-state index < -0.39 is 0 Å². The molecule has 20 heavy (non-hydrogen) atoms. The van der Waals surface area contributed by atoms with Crippen molar-refractivity contribution in [2.45, 2.75) is 12.8 Å². The van der Waals surface area contributed by atoms with Crippen LogP contribution in [0.5, 0.6) is 17.2 Å². The summed E-state index contributed by atoms with van der Waals surface area (Å²) >= 11 is 0. The van der Waals surface area contributed by atoms with Gasteiger partial charge in [-0.1, -0.05) is 0 Å². The van der Waals surface area contributed by atoms with Gasteiger partial charge in [0.05, 0.1) is 6.54 Å². The number of nitrogens with two attached hydrogens (primary N) is 1. The van der Waals surface area contributed by atoms with Crippen LogP contribution in [-0.2, 0) is 4.79 Å². The fourth-order valence-electron chi connectivity index (χ4n) is 1.68. The molecule has 112 valence electrons. The summed E-state index contributed by atoms with van der Waals surface area (Å²) in [6.07, 6.45) is 1.16. The predicted molar refractivity (Wildman–Crippen MR) is 76.6 cm³/mol. The summed E-state index contributed by atoms with van der Waals surface area (Å²) in [4.78, 5) is 11.3. The monoisotopic (exact) mass is 302 g/mol. The number of hydrogen-bond donors (Lipinski definition) is 2. The number of carbonyl (C=O) groups is 1. The number of rotatable bonds is 7. The zero-order valence-corrected chi connectivity index (χ0v) is 11.9. The molecule has 1 aromatic rings. The standard InChI is InChI=1S/C13H18N2O4.ClH/c14-5-1-2-13(16)15-6-7-17-10-3-4-11-12(8-10)19-9-18-11;/h3-4,8H,1-2,5-7,9,14H2,(H,15,16);1H. The highest BCUT2D eigenvalue weighted by Gasteiger charge is 2.13. The molecule has 0 fully saturated rings. The van der Waals surface area contributed by atoms with Gasteiger partial charge in [0, 0.05) is 12.5 Å². The lowest BCUT2D eigenvalue weighted by Gasteiger charge is -2.08. The highest BCUT2D eigenvalue weighted by Crippen LogP contribution is 2.34. The Kier molecular flexibility index (Phi) is 6.97. The molecule has 0 aromatic heterocycles. The summed E-state index contributed by atoms with van der Waals surface area (Å²) in [7, 11) is 0. The molecule has 7 heteroatoms. The zero-order valence-electron chi connectivity index (χ0n) is 11.1. The van der Waals surface area contributed by atoms with E-state index in [9.17, 15) is 4.79 Å². The molecule has 6 nitrogen and oxygen atoms in total. The third kappa shape index (κ3) is 4.79. The summed E-state index contributed by atoms with van der Waals surface area (Å²) in [5.74, 6) is 2.10. The first-order valence-corrected chi connectivity index (χ1v) is 6.29. The number of fused-ring (bicyclic) bond motifs is 1. The Morgan fingerprint density at radius 1 is 1.35 bits per heavy atom. The van der Waals surface area contributed by atoms with Gasteiger partial charge in [-0.05, 0) is 25.1 Å². The van der Waals surface area contributed by atoms with Gasteiger partial charge in [0.25, 0.3) is 0 Å². The van der Waals surface area contributed by atoms with Crippen LogP contribution in [0.2, 0.25) is 0 Å². The van der Waals surface area contributed by atoms with Crippen LogP contribution < -0.4 is 25.3 Å².